The van der Waals surface area contributed by atoms with Crippen molar-refractivity contribution in [2.45, 2.75) is 110 Å². The highest BCUT2D eigenvalue weighted by molar-refractivity contribution is 5.86. The molecule has 0 spiro atoms. The Morgan fingerprint density at radius 1 is 1.10 bits per heavy atom. The van der Waals surface area contributed by atoms with Gasteiger partial charge in [-0.25, -0.2) is 4.39 Å². The number of pyridine rings is 1. The molecular formula is C38H44FN5O4. The Hall–Kier alpha value is -4.28. The van der Waals surface area contributed by atoms with Gasteiger partial charge in [-0.1, -0.05) is 50.3 Å². The van der Waals surface area contributed by atoms with Gasteiger partial charge in [-0.3, -0.25) is 9.78 Å². The third kappa shape index (κ3) is 7.55. The van der Waals surface area contributed by atoms with Gasteiger partial charge >= 0.3 is 5.97 Å². The van der Waals surface area contributed by atoms with Gasteiger partial charge in [-0.05, 0) is 105 Å². The summed E-state index contributed by atoms with van der Waals surface area (Å²) < 4.78 is 32.3. The summed E-state index contributed by atoms with van der Waals surface area (Å²) in [5, 5.41) is 14.6. The van der Waals surface area contributed by atoms with E-state index in [2.05, 4.69) is 58.8 Å². The molecular weight excluding hydrogens is 609 g/mol. The molecule has 4 aromatic rings. The molecule has 252 valence electrons. The van der Waals surface area contributed by atoms with E-state index >= 15 is 0 Å². The molecule has 2 atom stereocenters. The van der Waals surface area contributed by atoms with Crippen LogP contribution in [0.2, 0.25) is 0 Å². The van der Waals surface area contributed by atoms with Crippen LogP contribution in [0.25, 0.3) is 39.8 Å². The lowest BCUT2D eigenvalue weighted by Crippen LogP contribution is -2.45. The van der Waals surface area contributed by atoms with Crippen LogP contribution in [0, 0.1) is 5.82 Å². The molecule has 2 aliphatic rings. The van der Waals surface area contributed by atoms with Gasteiger partial charge in [0.05, 0.1) is 30.0 Å². The van der Waals surface area contributed by atoms with Crippen LogP contribution in [-0.4, -0.2) is 55.2 Å². The molecule has 2 aromatic carbocycles. The third-order valence-electron chi connectivity index (χ3n) is 8.55. The van der Waals surface area contributed by atoms with Crippen LogP contribution in [0.5, 0.6) is 0 Å². The molecule has 10 heteroatoms. The Labute approximate surface area is 281 Å². The van der Waals surface area contributed by atoms with Crippen LogP contribution >= 0.6 is 0 Å². The van der Waals surface area contributed by atoms with Gasteiger partial charge in [-0.15, -0.1) is 10.2 Å². The molecule has 0 radical (unpaired) electrons. The highest BCUT2D eigenvalue weighted by Gasteiger charge is 2.36. The molecule has 1 aliphatic carbocycles. The first-order valence-corrected chi connectivity index (χ1v) is 16.7. The van der Waals surface area contributed by atoms with Crippen molar-refractivity contribution in [3.63, 3.8) is 0 Å². The van der Waals surface area contributed by atoms with E-state index in [1.165, 1.54) is 17.7 Å². The third-order valence-corrected chi connectivity index (χ3v) is 8.55. The van der Waals surface area contributed by atoms with Crippen LogP contribution in [0.15, 0.2) is 48.5 Å². The zero-order valence-corrected chi connectivity index (χ0v) is 28.8. The molecule has 1 fully saturated rings. The molecule has 2 aromatic heterocycles. The molecule has 3 heterocycles. The fraction of sp³-hybridized carbons (Fsp3) is 0.447. The summed E-state index contributed by atoms with van der Waals surface area (Å²) >= 11 is 0. The number of tetrazole rings is 1. The Kier molecular flexibility index (Phi) is 9.33. The number of aryl methyl sites for hydroxylation is 1. The van der Waals surface area contributed by atoms with E-state index in [9.17, 15) is 9.18 Å². The summed E-state index contributed by atoms with van der Waals surface area (Å²) in [4.78, 5) is 18.1. The summed E-state index contributed by atoms with van der Waals surface area (Å²) in [6.45, 7) is 13.6. The Morgan fingerprint density at radius 3 is 2.54 bits per heavy atom. The summed E-state index contributed by atoms with van der Waals surface area (Å²) in [6, 6.07) is 13.0. The molecule has 9 nitrogen and oxygen atoms in total. The molecule has 1 aliphatic heterocycles. The van der Waals surface area contributed by atoms with Crippen molar-refractivity contribution in [2.75, 3.05) is 0 Å². The topological polar surface area (TPSA) is 112 Å². The molecule has 0 amide bonds. The van der Waals surface area contributed by atoms with Crippen molar-refractivity contribution in [2.24, 2.45) is 0 Å². The maximum atomic E-state index is 14.2. The fourth-order valence-electron chi connectivity index (χ4n) is 6.75. The van der Waals surface area contributed by atoms with E-state index in [0.717, 1.165) is 64.0 Å². The summed E-state index contributed by atoms with van der Waals surface area (Å²) in [7, 11) is 0. The summed E-state index contributed by atoms with van der Waals surface area (Å²) in [5.74, 6) is -0.832. The maximum Gasteiger partial charge on any atom is 0.308 e. The van der Waals surface area contributed by atoms with Crippen molar-refractivity contribution >= 4 is 12.0 Å². The summed E-state index contributed by atoms with van der Waals surface area (Å²) in [6.07, 6.45) is 6.70. The monoisotopic (exact) mass is 653 g/mol. The van der Waals surface area contributed by atoms with Gasteiger partial charge in [0.25, 0.3) is 0 Å². The fourth-order valence-corrected chi connectivity index (χ4v) is 6.75. The van der Waals surface area contributed by atoms with Crippen molar-refractivity contribution in [1.29, 1.82) is 0 Å². The molecule has 1 saturated heterocycles. The van der Waals surface area contributed by atoms with E-state index < -0.39 is 11.4 Å². The zero-order chi connectivity index (χ0) is 34.2. The number of hydrogen-bond donors (Lipinski definition) is 1. The number of aromatic nitrogens is 5. The Balaban J connectivity index is 1.44. The standard InChI is InChI=1S/C38H44FN5O4/c1-22(2)34-31(18-16-27-20-28(47-38(6,7)46-27)21-32(45)48-37(3,4)5)33(23-11-14-26(39)15-12-23)30-10-8-9-24-19-25(36-41-43-44-42-36)13-17-29(24)35(30)40-34/h11-19,22,27-28H,8-10,20-21H2,1-7H3,(H,41,42,43,44)/t27-,28-/m1/s1. The second-order valence-corrected chi connectivity index (χ2v) is 14.4. The lowest BCUT2D eigenvalue weighted by Gasteiger charge is -2.40. The van der Waals surface area contributed by atoms with Crippen LogP contribution in [0.3, 0.4) is 0 Å². The number of nitrogens with one attached hydrogen (secondary N) is 1. The van der Waals surface area contributed by atoms with Crippen LogP contribution in [0.4, 0.5) is 4.39 Å². The van der Waals surface area contributed by atoms with Gasteiger partial charge in [0.15, 0.2) is 5.79 Å². The number of hydrogen-bond acceptors (Lipinski definition) is 8. The van der Waals surface area contributed by atoms with E-state index in [0.29, 0.717) is 12.2 Å². The number of ether oxygens (including phenoxy) is 3. The van der Waals surface area contributed by atoms with Gasteiger partial charge in [-0.2, -0.15) is 5.21 Å². The van der Waals surface area contributed by atoms with Gasteiger partial charge < -0.3 is 14.2 Å². The predicted octanol–water partition coefficient (Wildman–Crippen LogP) is 8.00. The minimum atomic E-state index is -0.892. The Morgan fingerprint density at radius 2 is 1.85 bits per heavy atom. The van der Waals surface area contributed by atoms with Gasteiger partial charge in [0.2, 0.25) is 5.82 Å². The largest absolute Gasteiger partial charge is 0.460 e. The highest BCUT2D eigenvalue weighted by atomic mass is 19.1. The predicted molar refractivity (Wildman–Crippen MR) is 182 cm³/mol. The lowest BCUT2D eigenvalue weighted by atomic mass is 9.86. The van der Waals surface area contributed by atoms with E-state index in [-0.39, 0.29) is 36.3 Å². The SMILES string of the molecule is CC(C)c1nc2c(c(-c3ccc(F)cc3)c1C=C[C@@H]1C[C@H](CC(=O)OC(C)(C)C)OC(C)(C)O1)CCCc1cc(-c3nn[nH]n3)ccc1-2. The second-order valence-electron chi connectivity index (χ2n) is 14.4. The molecule has 0 saturated carbocycles. The second kappa shape index (κ2) is 13.3. The molecule has 48 heavy (non-hydrogen) atoms. The normalized spacial score (nSPS) is 19.2. The number of halogens is 1. The van der Waals surface area contributed by atoms with Crippen LogP contribution in [0.1, 0.15) is 96.0 Å². The number of nitrogens with zero attached hydrogens (tertiary/aromatic N) is 4. The average Bonchev–Trinajstić information content (AvgIpc) is 3.47. The number of carbonyl (C=O) groups excluding carboxylic acids is 1. The molecule has 0 unspecified atom stereocenters. The molecule has 0 bridgehead atoms. The molecule has 6 rings (SSSR count). The van der Waals surface area contributed by atoms with Crippen molar-refractivity contribution in [3.8, 4) is 33.8 Å². The van der Waals surface area contributed by atoms with Crippen molar-refractivity contribution < 1.29 is 23.4 Å². The first-order valence-electron chi connectivity index (χ1n) is 16.7. The van der Waals surface area contributed by atoms with Gasteiger partial charge in [0, 0.05) is 23.1 Å². The zero-order valence-electron chi connectivity index (χ0n) is 28.8. The summed E-state index contributed by atoms with van der Waals surface area (Å²) in [5.41, 5.74) is 8.57. The van der Waals surface area contributed by atoms with E-state index in [4.69, 9.17) is 19.2 Å². The van der Waals surface area contributed by atoms with E-state index in [1.807, 2.05) is 52.8 Å². The number of H-pyrrole nitrogens is 1. The minimum Gasteiger partial charge on any atom is -0.460 e. The average molecular weight is 654 g/mol. The first-order chi connectivity index (χ1) is 22.8. The highest BCUT2D eigenvalue weighted by Crippen LogP contribution is 2.43. The number of esters is 1. The minimum absolute atomic E-state index is 0.0893. The number of benzene rings is 2. The number of aromatic amines is 1. The molecule has 1 N–H and O–H groups in total. The van der Waals surface area contributed by atoms with Crippen LogP contribution < -0.4 is 0 Å². The Bertz CT molecular complexity index is 1810. The van der Waals surface area contributed by atoms with Crippen molar-refractivity contribution in [1.82, 2.24) is 25.6 Å². The maximum absolute atomic E-state index is 14.2. The number of fused-ring (bicyclic) bond motifs is 3. The first kappa shape index (κ1) is 33.6. The van der Waals surface area contributed by atoms with Crippen LogP contribution in [-0.2, 0) is 31.8 Å². The van der Waals surface area contributed by atoms with Crippen molar-refractivity contribution in [3.05, 3.63) is 76.7 Å². The smallest absolute Gasteiger partial charge is 0.308 e. The van der Waals surface area contributed by atoms with E-state index in [1.54, 1.807) is 0 Å². The number of carbonyl (C=O) groups is 1. The number of rotatable bonds is 7. The van der Waals surface area contributed by atoms with Gasteiger partial charge in [0.1, 0.15) is 11.4 Å². The lowest BCUT2D eigenvalue weighted by molar-refractivity contribution is -0.290. The quantitative estimate of drug-likeness (QED) is 0.200.